The highest BCUT2D eigenvalue weighted by Gasteiger charge is 2.26. The van der Waals surface area contributed by atoms with Crippen molar-refractivity contribution in [3.63, 3.8) is 0 Å². The summed E-state index contributed by atoms with van der Waals surface area (Å²) in [5, 5.41) is 7.65. The molecule has 1 fully saturated rings. The Morgan fingerprint density at radius 2 is 2.29 bits per heavy atom. The smallest absolute Gasteiger partial charge is 0.124 e. The minimum absolute atomic E-state index is 0.561. The van der Waals surface area contributed by atoms with E-state index in [1.165, 1.54) is 6.42 Å². The zero-order chi connectivity index (χ0) is 10.1. The molecule has 1 saturated heterocycles. The summed E-state index contributed by atoms with van der Waals surface area (Å²) in [7, 11) is 4.14. The minimum atomic E-state index is 0.561. The first-order chi connectivity index (χ1) is 6.66. The molecule has 0 aliphatic carbocycles. The van der Waals surface area contributed by atoms with Crippen LogP contribution in [-0.2, 0) is 7.05 Å². The van der Waals surface area contributed by atoms with Gasteiger partial charge >= 0.3 is 0 Å². The number of likely N-dealkylation sites (N-methyl/N-ethyl adjacent to an activating group) is 1. The van der Waals surface area contributed by atoms with Crippen LogP contribution in [-0.4, -0.2) is 40.4 Å². The zero-order valence-corrected chi connectivity index (χ0v) is 9.07. The van der Waals surface area contributed by atoms with Crippen LogP contribution in [0.5, 0.6) is 0 Å². The predicted molar refractivity (Wildman–Crippen MR) is 57.3 cm³/mol. The van der Waals surface area contributed by atoms with E-state index in [0.29, 0.717) is 12.1 Å². The van der Waals surface area contributed by atoms with Gasteiger partial charge in [0.05, 0.1) is 6.20 Å². The monoisotopic (exact) mass is 194 g/mol. The lowest BCUT2D eigenvalue weighted by molar-refractivity contribution is 0.330. The lowest BCUT2D eigenvalue weighted by Gasteiger charge is -2.14. The van der Waals surface area contributed by atoms with Crippen LogP contribution >= 0.6 is 0 Å². The van der Waals surface area contributed by atoms with Gasteiger partial charge in [-0.1, -0.05) is 0 Å². The standard InChI is InChI=1S/C10H18N4/c1-8-6-9(7-13(8)2)12-10-4-5-11-14(10)3/h4-5,8-9,12H,6-7H2,1-3H3. The molecule has 0 saturated carbocycles. The largest absolute Gasteiger partial charge is 0.366 e. The molecule has 1 aromatic rings. The lowest BCUT2D eigenvalue weighted by atomic mass is 10.2. The van der Waals surface area contributed by atoms with Crippen LogP contribution in [0.3, 0.4) is 0 Å². The fourth-order valence-corrected chi connectivity index (χ4v) is 2.02. The average Bonchev–Trinajstić information content (AvgIpc) is 2.63. The van der Waals surface area contributed by atoms with Crippen molar-refractivity contribution in [1.29, 1.82) is 0 Å². The van der Waals surface area contributed by atoms with Crippen molar-refractivity contribution in [2.45, 2.75) is 25.4 Å². The number of hydrogen-bond acceptors (Lipinski definition) is 3. The molecule has 2 heterocycles. The molecule has 0 aromatic carbocycles. The molecular formula is C10H18N4. The van der Waals surface area contributed by atoms with Gasteiger partial charge in [0, 0.05) is 31.7 Å². The van der Waals surface area contributed by atoms with Crippen LogP contribution in [0.25, 0.3) is 0 Å². The second kappa shape index (κ2) is 3.61. The summed E-state index contributed by atoms with van der Waals surface area (Å²) < 4.78 is 1.88. The van der Waals surface area contributed by atoms with Gasteiger partial charge in [-0.3, -0.25) is 4.68 Å². The van der Waals surface area contributed by atoms with E-state index in [9.17, 15) is 0 Å². The van der Waals surface area contributed by atoms with Crippen LogP contribution in [0.15, 0.2) is 12.3 Å². The van der Waals surface area contributed by atoms with Crippen molar-refractivity contribution in [2.75, 3.05) is 18.9 Å². The molecular weight excluding hydrogens is 176 g/mol. The molecule has 0 radical (unpaired) electrons. The first-order valence-electron chi connectivity index (χ1n) is 5.11. The van der Waals surface area contributed by atoms with Crippen molar-refractivity contribution in [2.24, 2.45) is 7.05 Å². The quantitative estimate of drug-likeness (QED) is 0.760. The number of aryl methyl sites for hydroxylation is 1. The molecule has 2 rings (SSSR count). The summed E-state index contributed by atoms with van der Waals surface area (Å²) in [4.78, 5) is 2.38. The first kappa shape index (κ1) is 9.52. The highest BCUT2D eigenvalue weighted by Crippen LogP contribution is 2.18. The lowest BCUT2D eigenvalue weighted by Crippen LogP contribution is -2.25. The molecule has 2 unspecified atom stereocenters. The van der Waals surface area contributed by atoms with Crippen LogP contribution < -0.4 is 5.32 Å². The van der Waals surface area contributed by atoms with Gasteiger partial charge in [0.25, 0.3) is 0 Å². The predicted octanol–water partition coefficient (Wildman–Crippen LogP) is 0.925. The maximum atomic E-state index is 4.14. The third kappa shape index (κ3) is 1.75. The van der Waals surface area contributed by atoms with Crippen molar-refractivity contribution >= 4 is 5.82 Å². The van der Waals surface area contributed by atoms with Gasteiger partial charge in [0.2, 0.25) is 0 Å². The number of rotatable bonds is 2. The van der Waals surface area contributed by atoms with Crippen molar-refractivity contribution in [3.8, 4) is 0 Å². The van der Waals surface area contributed by atoms with E-state index in [2.05, 4.69) is 29.3 Å². The Morgan fingerprint density at radius 3 is 2.79 bits per heavy atom. The van der Waals surface area contributed by atoms with E-state index < -0.39 is 0 Å². The Morgan fingerprint density at radius 1 is 1.50 bits per heavy atom. The fraction of sp³-hybridized carbons (Fsp3) is 0.700. The summed E-state index contributed by atoms with van der Waals surface area (Å²) in [6.45, 7) is 3.39. The maximum Gasteiger partial charge on any atom is 0.124 e. The molecule has 1 aromatic heterocycles. The number of nitrogens with one attached hydrogen (secondary N) is 1. The van der Waals surface area contributed by atoms with E-state index in [-0.39, 0.29) is 0 Å². The van der Waals surface area contributed by atoms with Gasteiger partial charge in [-0.25, -0.2) is 0 Å². The third-order valence-electron chi connectivity index (χ3n) is 3.06. The summed E-state index contributed by atoms with van der Waals surface area (Å²) in [5.74, 6) is 1.11. The first-order valence-corrected chi connectivity index (χ1v) is 5.11. The van der Waals surface area contributed by atoms with Gasteiger partial charge in [0.15, 0.2) is 0 Å². The van der Waals surface area contributed by atoms with E-state index in [1.54, 1.807) is 0 Å². The van der Waals surface area contributed by atoms with E-state index in [0.717, 1.165) is 12.4 Å². The second-order valence-corrected chi connectivity index (χ2v) is 4.21. The number of hydrogen-bond donors (Lipinski definition) is 1. The molecule has 4 nitrogen and oxygen atoms in total. The Labute approximate surface area is 84.9 Å². The van der Waals surface area contributed by atoms with Crippen molar-refractivity contribution in [3.05, 3.63) is 12.3 Å². The second-order valence-electron chi connectivity index (χ2n) is 4.21. The molecule has 1 aliphatic heterocycles. The molecule has 1 N–H and O–H groups in total. The molecule has 1 aliphatic rings. The number of nitrogens with zero attached hydrogens (tertiary/aromatic N) is 3. The molecule has 14 heavy (non-hydrogen) atoms. The van der Waals surface area contributed by atoms with Crippen LogP contribution in [0, 0.1) is 0 Å². The van der Waals surface area contributed by atoms with E-state index in [1.807, 2.05) is 24.0 Å². The molecule has 0 amide bonds. The van der Waals surface area contributed by atoms with Gasteiger partial charge in [-0.15, -0.1) is 0 Å². The zero-order valence-electron chi connectivity index (χ0n) is 9.07. The van der Waals surface area contributed by atoms with E-state index in [4.69, 9.17) is 0 Å². The maximum absolute atomic E-state index is 4.14. The van der Waals surface area contributed by atoms with Crippen LogP contribution in [0.2, 0.25) is 0 Å². The highest BCUT2D eigenvalue weighted by atomic mass is 15.3. The highest BCUT2D eigenvalue weighted by molar-refractivity contribution is 5.35. The van der Waals surface area contributed by atoms with E-state index >= 15 is 0 Å². The topological polar surface area (TPSA) is 33.1 Å². The summed E-state index contributed by atoms with van der Waals surface area (Å²) in [6, 6.07) is 3.26. The molecule has 4 heteroatoms. The Kier molecular flexibility index (Phi) is 2.46. The summed E-state index contributed by atoms with van der Waals surface area (Å²) in [5.41, 5.74) is 0. The van der Waals surface area contributed by atoms with Crippen LogP contribution in [0.1, 0.15) is 13.3 Å². The van der Waals surface area contributed by atoms with Crippen LogP contribution in [0.4, 0.5) is 5.82 Å². The number of aromatic nitrogens is 2. The van der Waals surface area contributed by atoms with Gasteiger partial charge < -0.3 is 10.2 Å². The fourth-order valence-electron chi connectivity index (χ4n) is 2.02. The molecule has 78 valence electrons. The van der Waals surface area contributed by atoms with Crippen molar-refractivity contribution < 1.29 is 0 Å². The number of anilines is 1. The normalized spacial score (nSPS) is 28.2. The Balaban J connectivity index is 1.97. The molecule has 0 spiro atoms. The Hall–Kier alpha value is -1.03. The average molecular weight is 194 g/mol. The van der Waals surface area contributed by atoms with Gasteiger partial charge in [0.1, 0.15) is 5.82 Å². The molecule has 2 atom stereocenters. The summed E-state index contributed by atoms with van der Waals surface area (Å²) in [6.07, 6.45) is 3.03. The van der Waals surface area contributed by atoms with Crippen molar-refractivity contribution in [1.82, 2.24) is 14.7 Å². The Bertz CT molecular complexity index is 297. The third-order valence-corrected chi connectivity index (χ3v) is 3.06. The SMILES string of the molecule is CC1CC(Nc2ccnn2C)CN1C. The van der Waals surface area contributed by atoms with Gasteiger partial charge in [-0.05, 0) is 20.4 Å². The van der Waals surface area contributed by atoms with Gasteiger partial charge in [-0.2, -0.15) is 5.10 Å². The number of likely N-dealkylation sites (tertiary alicyclic amines) is 1. The summed E-state index contributed by atoms with van der Waals surface area (Å²) >= 11 is 0. The minimum Gasteiger partial charge on any atom is -0.366 e. The molecule has 0 bridgehead atoms.